The van der Waals surface area contributed by atoms with Gasteiger partial charge in [-0.25, -0.2) is 9.18 Å². The number of amides is 2. The molecule has 2 amide bonds. The maximum atomic E-state index is 15.1. The molecule has 166 valence electrons. The minimum absolute atomic E-state index is 0.252. The molecule has 1 N–H and O–H groups in total. The second kappa shape index (κ2) is 9.09. The van der Waals surface area contributed by atoms with Gasteiger partial charge in [0.05, 0.1) is 20.3 Å². The fraction of sp³-hybridized carbons (Fsp3) is 0.240. The summed E-state index contributed by atoms with van der Waals surface area (Å²) in [5.74, 6) is 0.617. The van der Waals surface area contributed by atoms with Crippen LogP contribution in [0.1, 0.15) is 28.3 Å². The van der Waals surface area contributed by atoms with Crippen molar-refractivity contribution in [2.75, 3.05) is 26.1 Å². The first kappa shape index (κ1) is 22.0. The lowest BCUT2D eigenvalue weighted by Gasteiger charge is -2.38. The van der Waals surface area contributed by atoms with E-state index >= 15 is 4.39 Å². The van der Waals surface area contributed by atoms with Crippen molar-refractivity contribution in [1.82, 2.24) is 4.90 Å². The molecule has 0 fully saturated rings. The van der Waals surface area contributed by atoms with Gasteiger partial charge in [0, 0.05) is 22.8 Å². The number of para-hydroxylation sites is 1. The normalized spacial score (nSPS) is 15.2. The summed E-state index contributed by atoms with van der Waals surface area (Å²) in [6, 6.07) is 14.7. The molecule has 5 nitrogen and oxygen atoms in total. The predicted molar refractivity (Wildman–Crippen MR) is 123 cm³/mol. The molecule has 0 radical (unpaired) electrons. The third kappa shape index (κ3) is 3.98. The van der Waals surface area contributed by atoms with Crippen LogP contribution in [0.5, 0.6) is 11.5 Å². The lowest BCUT2D eigenvalue weighted by molar-refractivity contribution is 0.192. The monoisotopic (exact) mass is 454 g/mol. The van der Waals surface area contributed by atoms with Gasteiger partial charge in [-0.3, -0.25) is 0 Å². The van der Waals surface area contributed by atoms with E-state index in [-0.39, 0.29) is 16.6 Å². The van der Waals surface area contributed by atoms with Crippen molar-refractivity contribution in [3.63, 3.8) is 0 Å². The molecule has 7 heteroatoms. The van der Waals surface area contributed by atoms with Gasteiger partial charge in [0.2, 0.25) is 0 Å². The van der Waals surface area contributed by atoms with Crippen LogP contribution in [0.3, 0.4) is 0 Å². The Balaban J connectivity index is 1.84. The zero-order valence-electron chi connectivity index (χ0n) is 18.1. The SMILES string of the molecule is COc1cc2c(cc1OC)[C@H](c1c(F)cccc1Cl)N(C(=O)Nc1ccccc1C)CC2. The number of anilines is 1. The Labute approximate surface area is 191 Å². The summed E-state index contributed by atoms with van der Waals surface area (Å²) in [5, 5.41) is 3.22. The van der Waals surface area contributed by atoms with Crippen LogP contribution in [0, 0.1) is 12.7 Å². The number of methoxy groups -OCH3 is 2. The number of benzene rings is 3. The molecule has 1 aliphatic heterocycles. The molecule has 0 aliphatic carbocycles. The number of hydrogen-bond acceptors (Lipinski definition) is 3. The number of halogens is 2. The average molecular weight is 455 g/mol. The van der Waals surface area contributed by atoms with E-state index in [4.69, 9.17) is 21.1 Å². The summed E-state index contributed by atoms with van der Waals surface area (Å²) in [4.78, 5) is 15.0. The zero-order chi connectivity index (χ0) is 22.8. The maximum absolute atomic E-state index is 15.1. The van der Waals surface area contributed by atoms with Crippen molar-refractivity contribution < 1.29 is 18.7 Å². The first-order valence-electron chi connectivity index (χ1n) is 10.3. The van der Waals surface area contributed by atoms with Crippen LogP contribution in [0.4, 0.5) is 14.9 Å². The van der Waals surface area contributed by atoms with Gasteiger partial charge in [-0.2, -0.15) is 0 Å². The molecule has 0 spiro atoms. The highest BCUT2D eigenvalue weighted by Crippen LogP contribution is 2.43. The minimum atomic E-state index is -0.726. The third-order valence-electron chi connectivity index (χ3n) is 5.79. The second-order valence-electron chi connectivity index (χ2n) is 7.63. The molecule has 3 aromatic rings. The Hall–Kier alpha value is -3.25. The summed E-state index contributed by atoms with van der Waals surface area (Å²) in [5.41, 5.74) is 3.59. The fourth-order valence-electron chi connectivity index (χ4n) is 4.15. The van der Waals surface area contributed by atoms with E-state index in [2.05, 4.69) is 5.32 Å². The van der Waals surface area contributed by atoms with Gasteiger partial charge in [0.15, 0.2) is 11.5 Å². The second-order valence-corrected chi connectivity index (χ2v) is 8.04. The fourth-order valence-corrected chi connectivity index (χ4v) is 4.41. The Morgan fingerprint density at radius 3 is 2.50 bits per heavy atom. The van der Waals surface area contributed by atoms with Crippen molar-refractivity contribution in [1.29, 1.82) is 0 Å². The van der Waals surface area contributed by atoms with Crippen LogP contribution in [-0.4, -0.2) is 31.7 Å². The topological polar surface area (TPSA) is 50.8 Å². The van der Waals surface area contributed by atoms with Crippen molar-refractivity contribution in [3.8, 4) is 11.5 Å². The standard InChI is InChI=1S/C25H24ClFN2O3/c1-15-7-4-5-10-20(15)28-25(30)29-12-11-16-13-21(31-2)22(32-3)14-17(16)24(29)23-18(26)8-6-9-19(23)27/h4-10,13-14,24H,11-12H2,1-3H3,(H,28,30)/t24-/m1/s1. The Morgan fingerprint density at radius 2 is 1.81 bits per heavy atom. The molecule has 0 bridgehead atoms. The number of carbonyl (C=O) groups is 1. The molecule has 0 aromatic heterocycles. The lowest BCUT2D eigenvalue weighted by atomic mass is 9.87. The molecular weight excluding hydrogens is 431 g/mol. The molecular formula is C25H24ClFN2O3. The van der Waals surface area contributed by atoms with Crippen molar-refractivity contribution in [2.45, 2.75) is 19.4 Å². The van der Waals surface area contributed by atoms with Crippen molar-refractivity contribution >= 4 is 23.3 Å². The summed E-state index contributed by atoms with van der Waals surface area (Å²) in [7, 11) is 3.11. The molecule has 1 aliphatic rings. The van der Waals surface area contributed by atoms with E-state index in [1.807, 2.05) is 37.3 Å². The molecule has 3 aromatic carbocycles. The van der Waals surface area contributed by atoms with E-state index in [0.29, 0.717) is 30.2 Å². The highest BCUT2D eigenvalue weighted by molar-refractivity contribution is 6.31. The number of aryl methyl sites for hydroxylation is 1. The van der Waals surface area contributed by atoms with E-state index in [0.717, 1.165) is 16.7 Å². The summed E-state index contributed by atoms with van der Waals surface area (Å²) in [6.45, 7) is 2.30. The number of fused-ring (bicyclic) bond motifs is 1. The van der Waals surface area contributed by atoms with Gasteiger partial charge in [0.1, 0.15) is 5.82 Å². The Morgan fingerprint density at radius 1 is 1.09 bits per heavy atom. The van der Waals surface area contributed by atoms with Crippen LogP contribution < -0.4 is 14.8 Å². The van der Waals surface area contributed by atoms with Gasteiger partial charge in [0.25, 0.3) is 0 Å². The highest BCUT2D eigenvalue weighted by atomic mass is 35.5. The Kier molecular flexibility index (Phi) is 6.24. The molecule has 4 rings (SSSR count). The summed E-state index contributed by atoms with van der Waals surface area (Å²) < 4.78 is 26.0. The van der Waals surface area contributed by atoms with Gasteiger partial charge in [-0.15, -0.1) is 0 Å². The molecule has 0 saturated carbocycles. The smallest absolute Gasteiger partial charge is 0.322 e. The van der Waals surface area contributed by atoms with Gasteiger partial charge in [-0.05, 0) is 60.4 Å². The van der Waals surface area contributed by atoms with E-state index in [9.17, 15) is 4.79 Å². The molecule has 1 heterocycles. The van der Waals surface area contributed by atoms with E-state index in [1.165, 1.54) is 6.07 Å². The average Bonchev–Trinajstić information content (AvgIpc) is 2.79. The number of nitrogens with zero attached hydrogens (tertiary/aromatic N) is 1. The first-order chi connectivity index (χ1) is 15.4. The maximum Gasteiger partial charge on any atom is 0.322 e. The third-order valence-corrected chi connectivity index (χ3v) is 6.12. The van der Waals surface area contributed by atoms with Crippen LogP contribution in [-0.2, 0) is 6.42 Å². The molecule has 1 atom stereocenters. The van der Waals surface area contributed by atoms with Crippen molar-refractivity contribution in [2.24, 2.45) is 0 Å². The predicted octanol–water partition coefficient (Wildman–Crippen LogP) is 5.98. The molecule has 0 unspecified atom stereocenters. The van der Waals surface area contributed by atoms with E-state index < -0.39 is 11.9 Å². The van der Waals surface area contributed by atoms with Crippen LogP contribution in [0.2, 0.25) is 5.02 Å². The number of rotatable bonds is 4. The number of urea groups is 1. The first-order valence-corrected chi connectivity index (χ1v) is 10.6. The van der Waals surface area contributed by atoms with Crippen LogP contribution in [0.25, 0.3) is 0 Å². The minimum Gasteiger partial charge on any atom is -0.493 e. The highest BCUT2D eigenvalue weighted by Gasteiger charge is 2.36. The summed E-state index contributed by atoms with van der Waals surface area (Å²) >= 11 is 6.46. The number of hydrogen-bond donors (Lipinski definition) is 1. The largest absolute Gasteiger partial charge is 0.493 e. The number of nitrogens with one attached hydrogen (secondary N) is 1. The van der Waals surface area contributed by atoms with Gasteiger partial charge >= 0.3 is 6.03 Å². The lowest BCUT2D eigenvalue weighted by Crippen LogP contribution is -2.43. The molecule has 0 saturated heterocycles. The quantitative estimate of drug-likeness (QED) is 0.527. The van der Waals surface area contributed by atoms with Crippen LogP contribution in [0.15, 0.2) is 54.6 Å². The number of ether oxygens (including phenoxy) is 2. The van der Waals surface area contributed by atoms with Crippen LogP contribution >= 0.6 is 11.6 Å². The number of carbonyl (C=O) groups excluding carboxylic acids is 1. The zero-order valence-corrected chi connectivity index (χ0v) is 18.9. The van der Waals surface area contributed by atoms with Gasteiger partial charge in [-0.1, -0.05) is 35.9 Å². The van der Waals surface area contributed by atoms with Gasteiger partial charge < -0.3 is 19.7 Å². The molecule has 32 heavy (non-hydrogen) atoms. The Bertz CT molecular complexity index is 1150. The summed E-state index contributed by atoms with van der Waals surface area (Å²) in [6.07, 6.45) is 0.583. The van der Waals surface area contributed by atoms with Crippen molar-refractivity contribution in [3.05, 3.63) is 87.7 Å². The van der Waals surface area contributed by atoms with E-state index in [1.54, 1.807) is 37.3 Å².